The number of benzene rings is 5. The zero-order chi connectivity index (χ0) is 49.7. The molecule has 2 aliphatic rings. The first-order chi connectivity index (χ1) is 32.8. The normalized spacial score (nSPS) is 16.4. The summed E-state index contributed by atoms with van der Waals surface area (Å²) in [5.41, 5.74) is 2.82. The van der Waals surface area contributed by atoms with Crippen molar-refractivity contribution < 1.29 is 42.5 Å². The molecule has 2 heterocycles. The molecule has 2 saturated heterocycles. The van der Waals surface area contributed by atoms with Gasteiger partial charge in [0.2, 0.25) is 11.8 Å². The number of hydrogen-bond acceptors (Lipinski definition) is 8. The first-order valence-corrected chi connectivity index (χ1v) is 23.4. The molecule has 366 valence electrons. The van der Waals surface area contributed by atoms with Gasteiger partial charge < -0.3 is 24.4 Å². The average Bonchev–Trinajstić information content (AvgIpc) is 3.29. The van der Waals surface area contributed by atoms with Crippen molar-refractivity contribution in [3.63, 3.8) is 0 Å². The van der Waals surface area contributed by atoms with E-state index in [1.807, 2.05) is 147 Å². The SMILES string of the molecule is CC(C)(C)OC(=O)N1CCN(Cc2ccccc2)C(=O)C1.CC(C)(C)OC(=O)N1CCN(Cc2ccccc2)C(=O)[C@@H]1[C@@H](O)C(Cc1cc(F)cc(F)c1)N(Cc1ccccc1)Cc1ccccc1. The van der Waals surface area contributed by atoms with E-state index in [9.17, 15) is 33.1 Å². The van der Waals surface area contributed by atoms with Gasteiger partial charge in [0, 0.05) is 64.5 Å². The molecule has 7 rings (SSSR count). The van der Waals surface area contributed by atoms with Gasteiger partial charge in [-0.05, 0) is 87.9 Å². The molecule has 0 bridgehead atoms. The minimum atomic E-state index is -1.47. The molecule has 0 spiro atoms. The lowest BCUT2D eigenvalue weighted by atomic mass is 9.91. The van der Waals surface area contributed by atoms with Gasteiger partial charge in [0.25, 0.3) is 0 Å². The summed E-state index contributed by atoms with van der Waals surface area (Å²) >= 11 is 0. The van der Waals surface area contributed by atoms with Gasteiger partial charge in [0.1, 0.15) is 35.4 Å². The summed E-state index contributed by atoms with van der Waals surface area (Å²) in [6.45, 7) is 13.8. The molecule has 5 aromatic rings. The van der Waals surface area contributed by atoms with Crippen molar-refractivity contribution in [1.82, 2.24) is 24.5 Å². The van der Waals surface area contributed by atoms with E-state index in [4.69, 9.17) is 9.47 Å². The molecule has 2 aliphatic heterocycles. The summed E-state index contributed by atoms with van der Waals surface area (Å²) in [5, 5.41) is 12.5. The van der Waals surface area contributed by atoms with Crippen molar-refractivity contribution in [3.05, 3.63) is 179 Å². The van der Waals surface area contributed by atoms with Crippen LogP contribution in [0.1, 0.15) is 69.4 Å². The van der Waals surface area contributed by atoms with Crippen LogP contribution in [0.3, 0.4) is 0 Å². The van der Waals surface area contributed by atoms with Gasteiger partial charge >= 0.3 is 12.2 Å². The number of aliphatic hydroxyl groups excluding tert-OH is 1. The molecular weight excluding hydrogens is 881 g/mol. The molecule has 12 nitrogen and oxygen atoms in total. The van der Waals surface area contributed by atoms with Crippen LogP contribution in [0.2, 0.25) is 0 Å². The van der Waals surface area contributed by atoms with E-state index in [-0.39, 0.29) is 32.0 Å². The quantitative estimate of drug-likeness (QED) is 0.124. The molecule has 0 aliphatic carbocycles. The van der Waals surface area contributed by atoms with E-state index >= 15 is 0 Å². The van der Waals surface area contributed by atoms with Crippen molar-refractivity contribution in [2.45, 2.75) is 104 Å². The van der Waals surface area contributed by atoms with Crippen LogP contribution in [0, 0.1) is 11.6 Å². The lowest BCUT2D eigenvalue weighted by Gasteiger charge is -2.46. The lowest BCUT2D eigenvalue weighted by Crippen LogP contribution is -2.66. The van der Waals surface area contributed by atoms with Crippen molar-refractivity contribution in [2.75, 3.05) is 32.7 Å². The van der Waals surface area contributed by atoms with Crippen LogP contribution < -0.4 is 0 Å². The summed E-state index contributed by atoms with van der Waals surface area (Å²) in [6, 6.07) is 39.8. The highest BCUT2D eigenvalue weighted by molar-refractivity contribution is 5.88. The maximum absolute atomic E-state index is 14.5. The number of amides is 4. The molecule has 14 heteroatoms. The fourth-order valence-electron chi connectivity index (χ4n) is 8.35. The molecule has 0 radical (unpaired) electrons. The van der Waals surface area contributed by atoms with Gasteiger partial charge in [-0.1, -0.05) is 121 Å². The third-order valence-corrected chi connectivity index (χ3v) is 11.6. The first-order valence-electron chi connectivity index (χ1n) is 23.4. The zero-order valence-corrected chi connectivity index (χ0v) is 40.5. The van der Waals surface area contributed by atoms with Crippen LogP contribution in [0.4, 0.5) is 18.4 Å². The first kappa shape index (κ1) is 51.7. The monoisotopic (exact) mass is 945 g/mol. The van der Waals surface area contributed by atoms with Crippen molar-refractivity contribution >= 4 is 24.0 Å². The highest BCUT2D eigenvalue weighted by atomic mass is 19.1. The second-order valence-electron chi connectivity index (χ2n) is 19.5. The number of hydrogen-bond donors (Lipinski definition) is 1. The maximum Gasteiger partial charge on any atom is 0.411 e. The molecular formula is C55H65F2N5O7. The Morgan fingerprint density at radius 3 is 1.51 bits per heavy atom. The number of carbonyl (C=O) groups excluding carboxylic acids is 4. The van der Waals surface area contributed by atoms with E-state index in [2.05, 4.69) is 0 Å². The molecule has 3 atom stereocenters. The largest absolute Gasteiger partial charge is 0.444 e. The Bertz CT molecular complexity index is 2390. The van der Waals surface area contributed by atoms with E-state index in [1.54, 1.807) is 30.6 Å². The summed E-state index contributed by atoms with van der Waals surface area (Å²) in [6.07, 6.45) is -2.61. The van der Waals surface area contributed by atoms with Gasteiger partial charge in [0.15, 0.2) is 0 Å². The molecule has 0 aromatic heterocycles. The Morgan fingerprint density at radius 1 is 0.609 bits per heavy atom. The van der Waals surface area contributed by atoms with E-state index < -0.39 is 59.1 Å². The van der Waals surface area contributed by atoms with Crippen LogP contribution >= 0.6 is 0 Å². The predicted octanol–water partition coefficient (Wildman–Crippen LogP) is 8.85. The minimum absolute atomic E-state index is 0.000136. The minimum Gasteiger partial charge on any atom is -0.444 e. The van der Waals surface area contributed by atoms with Crippen LogP contribution in [-0.4, -0.2) is 116 Å². The van der Waals surface area contributed by atoms with Gasteiger partial charge in [0.05, 0.1) is 6.10 Å². The Labute approximate surface area is 405 Å². The second kappa shape index (κ2) is 23.6. The highest BCUT2D eigenvalue weighted by Gasteiger charge is 2.47. The molecule has 0 saturated carbocycles. The highest BCUT2D eigenvalue weighted by Crippen LogP contribution is 2.28. The Morgan fingerprint density at radius 2 is 1.04 bits per heavy atom. The summed E-state index contributed by atoms with van der Waals surface area (Å²) in [7, 11) is 0. The number of halogens is 2. The predicted molar refractivity (Wildman–Crippen MR) is 260 cm³/mol. The van der Waals surface area contributed by atoms with Crippen LogP contribution in [0.15, 0.2) is 140 Å². The Balaban J connectivity index is 0.000000310. The van der Waals surface area contributed by atoms with Crippen LogP contribution in [0.5, 0.6) is 0 Å². The van der Waals surface area contributed by atoms with Crippen molar-refractivity contribution in [3.8, 4) is 0 Å². The smallest absolute Gasteiger partial charge is 0.411 e. The number of nitrogens with zero attached hydrogens (tertiary/aromatic N) is 5. The van der Waals surface area contributed by atoms with E-state index in [0.29, 0.717) is 44.8 Å². The summed E-state index contributed by atoms with van der Waals surface area (Å²) in [5.74, 6) is -1.96. The standard InChI is InChI=1S/C39H43F2N3O4.C16H22N2O3/c1-39(2,3)48-38(47)44-20-19-42(25-28-13-7-4-8-14-28)37(46)35(44)36(45)34(23-31-21-32(40)24-33(41)22-31)43(26-29-15-9-5-10-16-29)27-30-17-11-6-12-18-30;1-16(2,3)21-15(20)18-10-9-17(14(19)12-18)11-13-7-5-4-6-8-13/h4-18,21-22,24,34-36,45H,19-20,23,25-27H2,1-3H3;4-8H,9-12H2,1-3H3/t34?,35-,36-;/m0./s1. The van der Waals surface area contributed by atoms with Crippen molar-refractivity contribution in [1.29, 1.82) is 0 Å². The molecule has 4 amide bonds. The molecule has 2 fully saturated rings. The van der Waals surface area contributed by atoms with Crippen LogP contribution in [-0.2, 0) is 51.7 Å². The number of ether oxygens (including phenoxy) is 2. The number of aliphatic hydroxyl groups is 1. The topological polar surface area (TPSA) is 123 Å². The van der Waals surface area contributed by atoms with Gasteiger partial charge in [-0.15, -0.1) is 0 Å². The fraction of sp³-hybridized carbons (Fsp3) is 0.382. The number of rotatable bonds is 13. The second-order valence-corrected chi connectivity index (χ2v) is 19.5. The van der Waals surface area contributed by atoms with Gasteiger partial charge in [-0.25, -0.2) is 18.4 Å². The molecule has 69 heavy (non-hydrogen) atoms. The number of piperazine rings is 2. The lowest BCUT2D eigenvalue weighted by molar-refractivity contribution is -0.150. The Kier molecular flexibility index (Phi) is 17.7. The summed E-state index contributed by atoms with van der Waals surface area (Å²) in [4.78, 5) is 60.4. The molecule has 5 aromatic carbocycles. The molecule has 1 N–H and O–H groups in total. The Hall–Kier alpha value is -6.64. The fourth-order valence-corrected chi connectivity index (χ4v) is 8.35. The zero-order valence-electron chi connectivity index (χ0n) is 40.5. The van der Waals surface area contributed by atoms with Gasteiger partial charge in [-0.3, -0.25) is 24.3 Å². The third kappa shape index (κ3) is 15.7. The van der Waals surface area contributed by atoms with Crippen LogP contribution in [0.25, 0.3) is 0 Å². The van der Waals surface area contributed by atoms with E-state index in [1.165, 1.54) is 21.9 Å². The van der Waals surface area contributed by atoms with Crippen molar-refractivity contribution in [2.24, 2.45) is 0 Å². The summed E-state index contributed by atoms with van der Waals surface area (Å²) < 4.78 is 40.1. The maximum atomic E-state index is 14.5. The van der Waals surface area contributed by atoms with E-state index in [0.717, 1.165) is 28.3 Å². The average molecular weight is 946 g/mol. The van der Waals surface area contributed by atoms with Gasteiger partial charge in [-0.2, -0.15) is 0 Å². The molecule has 1 unspecified atom stereocenters. The third-order valence-electron chi connectivity index (χ3n) is 11.6. The number of carbonyl (C=O) groups is 4.